The summed E-state index contributed by atoms with van der Waals surface area (Å²) >= 11 is 0. The van der Waals surface area contributed by atoms with E-state index < -0.39 is 26.5 Å². The van der Waals surface area contributed by atoms with Gasteiger partial charge in [0.25, 0.3) is 0 Å². The van der Waals surface area contributed by atoms with E-state index in [1.165, 1.54) is 18.6 Å². The Labute approximate surface area is 139 Å². The van der Waals surface area contributed by atoms with Gasteiger partial charge in [-0.2, -0.15) is 8.78 Å². The lowest BCUT2D eigenvalue weighted by Crippen LogP contribution is -2.41. The Morgan fingerprint density at radius 3 is 2.54 bits per heavy atom. The predicted octanol–water partition coefficient (Wildman–Crippen LogP) is 2.47. The number of hydrogen-bond acceptors (Lipinski definition) is 5. The van der Waals surface area contributed by atoms with Gasteiger partial charge in [0, 0.05) is 12.6 Å². The molecule has 3 rings (SSSR count). The Morgan fingerprint density at radius 2 is 1.88 bits per heavy atom. The minimum Gasteiger partial charge on any atom is -0.459 e. The first kappa shape index (κ1) is 17.3. The van der Waals surface area contributed by atoms with Gasteiger partial charge in [0.2, 0.25) is 9.84 Å². The molecule has 0 radical (unpaired) electrons. The number of benzene rings is 1. The fourth-order valence-corrected chi connectivity index (χ4v) is 4.12. The van der Waals surface area contributed by atoms with Crippen LogP contribution in [0.2, 0.25) is 0 Å². The molecule has 0 aromatic heterocycles. The third-order valence-electron chi connectivity index (χ3n) is 4.70. The largest absolute Gasteiger partial charge is 0.459 e. The molecule has 2 fully saturated rings. The van der Waals surface area contributed by atoms with Crippen molar-refractivity contribution < 1.29 is 26.7 Å². The number of fused-ring (bicyclic) bond motifs is 1. The van der Waals surface area contributed by atoms with E-state index in [0.29, 0.717) is 6.04 Å². The molecule has 2 aliphatic rings. The standard InChI is InChI=1S/C16H19F2NO4S/c17-16(18)24(21,22)14-5-3-11(4-6-14)15(20)23-13-7-9-19-8-1-2-12(19)10-13/h3-6,12-13,16H,1-2,7-10H2. The van der Waals surface area contributed by atoms with Crippen molar-refractivity contribution >= 4 is 15.8 Å². The number of carbonyl (C=O) groups excluding carboxylic acids is 1. The third kappa shape index (κ3) is 3.44. The minimum absolute atomic E-state index is 0.152. The van der Waals surface area contributed by atoms with Crippen LogP contribution in [0.1, 0.15) is 36.0 Å². The van der Waals surface area contributed by atoms with Gasteiger partial charge in [-0.05, 0) is 56.5 Å². The third-order valence-corrected chi connectivity index (χ3v) is 6.10. The number of piperidine rings is 1. The quantitative estimate of drug-likeness (QED) is 0.773. The molecule has 0 amide bonds. The van der Waals surface area contributed by atoms with Crippen LogP contribution in [-0.2, 0) is 14.6 Å². The molecule has 24 heavy (non-hydrogen) atoms. The molecule has 8 heteroatoms. The second kappa shape index (κ2) is 6.76. The highest BCUT2D eigenvalue weighted by Crippen LogP contribution is 2.29. The molecule has 2 saturated heterocycles. The lowest BCUT2D eigenvalue weighted by molar-refractivity contribution is 0.00420. The average Bonchev–Trinajstić information content (AvgIpc) is 3.02. The van der Waals surface area contributed by atoms with Crippen molar-refractivity contribution in [2.75, 3.05) is 13.1 Å². The number of alkyl halides is 2. The van der Waals surface area contributed by atoms with Crippen LogP contribution >= 0.6 is 0 Å². The number of carbonyl (C=O) groups is 1. The monoisotopic (exact) mass is 359 g/mol. The molecule has 0 N–H and O–H groups in total. The zero-order chi connectivity index (χ0) is 17.3. The summed E-state index contributed by atoms with van der Waals surface area (Å²) in [5.74, 6) is -4.03. The van der Waals surface area contributed by atoms with E-state index in [2.05, 4.69) is 4.90 Å². The van der Waals surface area contributed by atoms with Crippen LogP contribution in [0.3, 0.4) is 0 Å². The fourth-order valence-electron chi connectivity index (χ4n) is 3.40. The summed E-state index contributed by atoms with van der Waals surface area (Å²) in [6, 6.07) is 4.91. The highest BCUT2D eigenvalue weighted by atomic mass is 32.2. The highest BCUT2D eigenvalue weighted by Gasteiger charge is 2.33. The van der Waals surface area contributed by atoms with Crippen LogP contribution in [0.25, 0.3) is 0 Å². The molecule has 0 bridgehead atoms. The number of rotatable bonds is 4. The van der Waals surface area contributed by atoms with Gasteiger partial charge in [-0.3, -0.25) is 0 Å². The SMILES string of the molecule is O=C(OC1CCN2CCCC2C1)c1ccc(S(=O)(=O)C(F)F)cc1. The smallest absolute Gasteiger partial charge is 0.341 e. The molecular formula is C16H19F2NO4S. The first-order valence-corrected chi connectivity index (χ1v) is 9.49. The Bertz CT molecular complexity index is 705. The van der Waals surface area contributed by atoms with E-state index in [0.717, 1.165) is 44.5 Å². The molecule has 2 atom stereocenters. The van der Waals surface area contributed by atoms with Crippen molar-refractivity contribution in [2.45, 2.75) is 48.5 Å². The lowest BCUT2D eigenvalue weighted by Gasteiger charge is -2.34. The van der Waals surface area contributed by atoms with E-state index in [1.54, 1.807) is 0 Å². The van der Waals surface area contributed by atoms with E-state index in [4.69, 9.17) is 4.74 Å². The molecule has 0 aliphatic carbocycles. The van der Waals surface area contributed by atoms with Gasteiger partial charge in [0.15, 0.2) is 0 Å². The maximum absolute atomic E-state index is 12.5. The first-order chi connectivity index (χ1) is 11.4. The molecule has 0 spiro atoms. The predicted molar refractivity (Wildman–Crippen MR) is 82.7 cm³/mol. The Kier molecular flexibility index (Phi) is 4.87. The maximum atomic E-state index is 12.5. The second-order valence-corrected chi connectivity index (χ2v) is 8.13. The molecule has 0 saturated carbocycles. The maximum Gasteiger partial charge on any atom is 0.341 e. The normalized spacial score (nSPS) is 24.8. The number of hydrogen-bond donors (Lipinski definition) is 0. The van der Waals surface area contributed by atoms with Crippen molar-refractivity contribution in [3.05, 3.63) is 29.8 Å². The van der Waals surface area contributed by atoms with Crippen LogP contribution in [-0.4, -0.2) is 50.3 Å². The summed E-state index contributed by atoms with van der Waals surface area (Å²) < 4.78 is 53.2. The van der Waals surface area contributed by atoms with Crippen LogP contribution in [0.5, 0.6) is 0 Å². The summed E-state index contributed by atoms with van der Waals surface area (Å²) in [7, 11) is -4.65. The van der Waals surface area contributed by atoms with Crippen LogP contribution in [0.15, 0.2) is 29.2 Å². The second-order valence-electron chi connectivity index (χ2n) is 6.21. The number of nitrogens with zero attached hydrogens (tertiary/aromatic N) is 1. The lowest BCUT2D eigenvalue weighted by atomic mass is 10.00. The summed E-state index contributed by atoms with van der Waals surface area (Å²) in [5, 5.41) is 0. The van der Waals surface area contributed by atoms with Gasteiger partial charge in [-0.15, -0.1) is 0 Å². The van der Waals surface area contributed by atoms with Gasteiger partial charge in [0.05, 0.1) is 10.5 Å². The van der Waals surface area contributed by atoms with Gasteiger partial charge < -0.3 is 9.64 Å². The van der Waals surface area contributed by atoms with Crippen LogP contribution < -0.4 is 0 Å². The number of esters is 1. The summed E-state index contributed by atoms with van der Waals surface area (Å²) in [5.41, 5.74) is 0.164. The van der Waals surface area contributed by atoms with E-state index in [1.807, 2.05) is 0 Å². The zero-order valence-corrected chi connectivity index (χ0v) is 13.8. The Morgan fingerprint density at radius 1 is 1.17 bits per heavy atom. The van der Waals surface area contributed by atoms with E-state index >= 15 is 0 Å². The van der Waals surface area contributed by atoms with Gasteiger partial charge >= 0.3 is 11.7 Å². The first-order valence-electron chi connectivity index (χ1n) is 7.95. The van der Waals surface area contributed by atoms with Crippen molar-refractivity contribution in [3.8, 4) is 0 Å². The van der Waals surface area contributed by atoms with Crippen LogP contribution in [0, 0.1) is 0 Å². The van der Waals surface area contributed by atoms with Gasteiger partial charge in [-0.1, -0.05) is 0 Å². The number of sulfone groups is 1. The number of ether oxygens (including phenoxy) is 1. The zero-order valence-electron chi connectivity index (χ0n) is 13.0. The fraction of sp³-hybridized carbons (Fsp3) is 0.562. The average molecular weight is 359 g/mol. The molecule has 2 aliphatic heterocycles. The molecule has 5 nitrogen and oxygen atoms in total. The Balaban J connectivity index is 1.63. The Hall–Kier alpha value is -1.54. The van der Waals surface area contributed by atoms with Gasteiger partial charge in [-0.25, -0.2) is 13.2 Å². The molecule has 2 unspecified atom stereocenters. The minimum atomic E-state index is -4.65. The molecule has 132 valence electrons. The summed E-state index contributed by atoms with van der Waals surface area (Å²) in [6.07, 6.45) is 3.73. The van der Waals surface area contributed by atoms with Crippen molar-refractivity contribution in [1.29, 1.82) is 0 Å². The number of halogens is 2. The topological polar surface area (TPSA) is 63.7 Å². The summed E-state index contributed by atoms with van der Waals surface area (Å²) in [6.45, 7) is 2.01. The molecule has 2 heterocycles. The van der Waals surface area contributed by atoms with E-state index in [-0.39, 0.29) is 11.7 Å². The van der Waals surface area contributed by atoms with Crippen LogP contribution in [0.4, 0.5) is 8.78 Å². The summed E-state index contributed by atoms with van der Waals surface area (Å²) in [4.78, 5) is 14.1. The van der Waals surface area contributed by atoms with Gasteiger partial charge in [0.1, 0.15) is 6.10 Å². The molecule has 1 aromatic carbocycles. The molecular weight excluding hydrogens is 340 g/mol. The van der Waals surface area contributed by atoms with Crippen molar-refractivity contribution in [2.24, 2.45) is 0 Å². The highest BCUT2D eigenvalue weighted by molar-refractivity contribution is 7.91. The van der Waals surface area contributed by atoms with Crippen molar-refractivity contribution in [3.63, 3.8) is 0 Å². The molecule has 1 aromatic rings. The van der Waals surface area contributed by atoms with E-state index in [9.17, 15) is 22.0 Å². The van der Waals surface area contributed by atoms with Crippen molar-refractivity contribution in [1.82, 2.24) is 4.90 Å².